The van der Waals surface area contributed by atoms with Gasteiger partial charge in [0.1, 0.15) is 11.5 Å². The van der Waals surface area contributed by atoms with Gasteiger partial charge in [-0.25, -0.2) is 0 Å². The number of hydrogen-bond donors (Lipinski definition) is 1. The van der Waals surface area contributed by atoms with Gasteiger partial charge in [-0.05, 0) is 48.2 Å². The van der Waals surface area contributed by atoms with Gasteiger partial charge in [0.25, 0.3) is 11.7 Å². The fourth-order valence-corrected chi connectivity index (χ4v) is 3.56. The molecule has 2 heterocycles. The van der Waals surface area contributed by atoms with Crippen LogP contribution in [0.25, 0.3) is 5.76 Å². The van der Waals surface area contributed by atoms with Crippen molar-refractivity contribution in [3.8, 4) is 5.75 Å². The molecule has 0 bridgehead atoms. The molecule has 164 valence electrons. The van der Waals surface area contributed by atoms with E-state index < -0.39 is 17.7 Å². The van der Waals surface area contributed by atoms with Crippen LogP contribution in [0.5, 0.6) is 5.75 Å². The van der Waals surface area contributed by atoms with Crippen LogP contribution in [0.15, 0.2) is 48.3 Å². The highest BCUT2D eigenvalue weighted by Gasteiger charge is 2.46. The van der Waals surface area contributed by atoms with Gasteiger partial charge in [-0.3, -0.25) is 14.6 Å². The first kappa shape index (κ1) is 22.5. The second-order valence-electron chi connectivity index (χ2n) is 7.96. The van der Waals surface area contributed by atoms with E-state index in [0.29, 0.717) is 23.7 Å². The molecule has 1 fully saturated rings. The molecule has 7 heteroatoms. The van der Waals surface area contributed by atoms with Crippen molar-refractivity contribution in [3.05, 3.63) is 65.0 Å². The molecule has 1 amide bonds. The van der Waals surface area contributed by atoms with E-state index in [4.69, 9.17) is 9.47 Å². The minimum Gasteiger partial charge on any atom is -0.507 e. The van der Waals surface area contributed by atoms with E-state index >= 15 is 0 Å². The summed E-state index contributed by atoms with van der Waals surface area (Å²) in [5, 5.41) is 11.1. The Morgan fingerprint density at radius 2 is 2.03 bits per heavy atom. The van der Waals surface area contributed by atoms with E-state index in [-0.39, 0.29) is 24.5 Å². The van der Waals surface area contributed by atoms with Gasteiger partial charge in [0.05, 0.1) is 24.8 Å². The first-order valence-corrected chi connectivity index (χ1v) is 10.3. The number of carbonyl (C=O) groups is 2. The normalized spacial score (nSPS) is 18.1. The number of ether oxygens (including phenoxy) is 2. The van der Waals surface area contributed by atoms with Crippen LogP contribution in [0.4, 0.5) is 0 Å². The molecule has 31 heavy (non-hydrogen) atoms. The fraction of sp³-hybridized carbons (Fsp3) is 0.375. The number of ketones is 1. The highest BCUT2D eigenvalue weighted by Crippen LogP contribution is 2.39. The van der Waals surface area contributed by atoms with Crippen LogP contribution >= 0.6 is 0 Å². The summed E-state index contributed by atoms with van der Waals surface area (Å²) < 4.78 is 10.9. The molecule has 2 aromatic rings. The number of rotatable bonds is 8. The Kier molecular flexibility index (Phi) is 7.07. The number of Topliss-reactive ketones (excluding diaryl/α,β-unsaturated/α-hetero) is 1. The van der Waals surface area contributed by atoms with Gasteiger partial charge in [0, 0.05) is 31.6 Å². The number of aryl methyl sites for hydroxylation is 1. The van der Waals surface area contributed by atoms with Crippen LogP contribution in [-0.4, -0.2) is 53.5 Å². The Hall–Kier alpha value is -3.19. The zero-order valence-electron chi connectivity index (χ0n) is 18.3. The zero-order chi connectivity index (χ0) is 22.5. The van der Waals surface area contributed by atoms with E-state index in [1.54, 1.807) is 42.7 Å². The molecule has 1 unspecified atom stereocenters. The monoisotopic (exact) mass is 424 g/mol. The van der Waals surface area contributed by atoms with Crippen molar-refractivity contribution >= 4 is 17.4 Å². The summed E-state index contributed by atoms with van der Waals surface area (Å²) in [4.78, 5) is 31.2. The van der Waals surface area contributed by atoms with Crippen LogP contribution in [0.1, 0.15) is 36.6 Å². The molecule has 0 saturated carbocycles. The van der Waals surface area contributed by atoms with Crippen LogP contribution in [0.3, 0.4) is 0 Å². The van der Waals surface area contributed by atoms with Crippen LogP contribution in [-0.2, 0) is 14.3 Å². The lowest BCUT2D eigenvalue weighted by Crippen LogP contribution is -2.32. The molecule has 1 saturated heterocycles. The number of aromatic nitrogens is 1. The van der Waals surface area contributed by atoms with Crippen molar-refractivity contribution in [3.63, 3.8) is 0 Å². The van der Waals surface area contributed by atoms with Crippen LogP contribution in [0, 0.1) is 12.8 Å². The van der Waals surface area contributed by atoms with Gasteiger partial charge >= 0.3 is 0 Å². The standard InChI is InChI=1S/C24H28N2O5/c1-15(2)14-31-19-8-7-17(12-16(19)3)22(27)20-21(18-6-5-9-25-13-18)26(10-11-30-4)24(29)23(20)28/h5-9,12-13,15,21,27H,10-11,14H2,1-4H3/b22-20+. The van der Waals surface area contributed by atoms with Crippen molar-refractivity contribution in [2.45, 2.75) is 26.8 Å². The maximum atomic E-state index is 12.9. The third kappa shape index (κ3) is 4.77. The minimum atomic E-state index is -0.735. The van der Waals surface area contributed by atoms with Crippen LogP contribution in [0.2, 0.25) is 0 Å². The molecule has 1 aliphatic rings. The Morgan fingerprint density at radius 1 is 1.26 bits per heavy atom. The van der Waals surface area contributed by atoms with Gasteiger partial charge in [-0.15, -0.1) is 0 Å². The molecular formula is C24H28N2O5. The topological polar surface area (TPSA) is 89.0 Å². The molecule has 1 aliphatic heterocycles. The first-order chi connectivity index (χ1) is 14.8. The molecule has 1 aromatic carbocycles. The number of amides is 1. The molecular weight excluding hydrogens is 396 g/mol. The number of hydrogen-bond acceptors (Lipinski definition) is 6. The summed E-state index contributed by atoms with van der Waals surface area (Å²) in [6.07, 6.45) is 3.21. The third-order valence-electron chi connectivity index (χ3n) is 5.10. The number of aliphatic hydroxyl groups excluding tert-OH is 1. The molecule has 3 rings (SSSR count). The summed E-state index contributed by atoms with van der Waals surface area (Å²) in [7, 11) is 1.53. The van der Waals surface area contributed by atoms with Crippen molar-refractivity contribution < 1.29 is 24.2 Å². The van der Waals surface area contributed by atoms with E-state index in [0.717, 1.165) is 11.3 Å². The maximum Gasteiger partial charge on any atom is 0.295 e. The molecule has 1 N–H and O–H groups in total. The Bertz CT molecular complexity index is 985. The summed E-state index contributed by atoms with van der Waals surface area (Å²) >= 11 is 0. The van der Waals surface area contributed by atoms with Gasteiger partial charge in [-0.2, -0.15) is 0 Å². The smallest absolute Gasteiger partial charge is 0.295 e. The summed E-state index contributed by atoms with van der Waals surface area (Å²) in [6, 6.07) is 8.00. The zero-order valence-corrected chi connectivity index (χ0v) is 18.3. The number of methoxy groups -OCH3 is 1. The number of aliphatic hydroxyl groups is 1. The Balaban J connectivity index is 2.05. The van der Waals surface area contributed by atoms with Gasteiger partial charge in [0.15, 0.2) is 0 Å². The largest absolute Gasteiger partial charge is 0.507 e. The second-order valence-corrected chi connectivity index (χ2v) is 7.96. The highest BCUT2D eigenvalue weighted by molar-refractivity contribution is 6.46. The SMILES string of the molecule is COCCN1C(=O)C(=O)/C(=C(/O)c2ccc(OCC(C)C)c(C)c2)C1c1cccnc1. The quantitative estimate of drug-likeness (QED) is 0.396. The number of likely N-dealkylation sites (tertiary alicyclic amines) is 1. The van der Waals surface area contributed by atoms with Gasteiger partial charge in [-0.1, -0.05) is 19.9 Å². The average molecular weight is 424 g/mol. The lowest BCUT2D eigenvalue weighted by Gasteiger charge is -2.24. The van der Waals surface area contributed by atoms with Gasteiger partial charge < -0.3 is 19.5 Å². The summed E-state index contributed by atoms with van der Waals surface area (Å²) in [5.74, 6) is -0.503. The predicted molar refractivity (Wildman–Crippen MR) is 117 cm³/mol. The Labute approximate surface area is 182 Å². The van der Waals surface area contributed by atoms with Crippen molar-refractivity contribution in [2.24, 2.45) is 5.92 Å². The third-order valence-corrected chi connectivity index (χ3v) is 5.10. The van der Waals surface area contributed by atoms with Crippen molar-refractivity contribution in [1.29, 1.82) is 0 Å². The first-order valence-electron chi connectivity index (χ1n) is 10.3. The number of carbonyl (C=O) groups excluding carboxylic acids is 2. The van der Waals surface area contributed by atoms with Crippen LogP contribution < -0.4 is 4.74 Å². The lowest BCUT2D eigenvalue weighted by atomic mass is 9.95. The number of benzene rings is 1. The lowest BCUT2D eigenvalue weighted by molar-refractivity contribution is -0.140. The molecule has 0 radical (unpaired) electrons. The molecule has 0 aliphatic carbocycles. The van der Waals surface area contributed by atoms with Gasteiger partial charge in [0.2, 0.25) is 0 Å². The number of pyridine rings is 1. The van der Waals surface area contributed by atoms with E-state index in [1.807, 2.05) is 6.92 Å². The van der Waals surface area contributed by atoms with E-state index in [2.05, 4.69) is 18.8 Å². The molecule has 7 nitrogen and oxygen atoms in total. The van der Waals surface area contributed by atoms with E-state index in [9.17, 15) is 14.7 Å². The average Bonchev–Trinajstić information content (AvgIpc) is 3.01. The van der Waals surface area contributed by atoms with E-state index in [1.165, 1.54) is 12.0 Å². The second kappa shape index (κ2) is 9.75. The highest BCUT2D eigenvalue weighted by atomic mass is 16.5. The molecule has 1 atom stereocenters. The fourth-order valence-electron chi connectivity index (χ4n) is 3.56. The summed E-state index contributed by atoms with van der Waals surface area (Å²) in [5.41, 5.74) is 1.97. The molecule has 1 aromatic heterocycles. The summed E-state index contributed by atoms with van der Waals surface area (Å²) in [6.45, 7) is 7.08. The predicted octanol–water partition coefficient (Wildman–Crippen LogP) is 3.49. The van der Waals surface area contributed by atoms with Crippen molar-refractivity contribution in [1.82, 2.24) is 9.88 Å². The number of nitrogens with zero attached hydrogens (tertiary/aromatic N) is 2. The Morgan fingerprint density at radius 3 is 2.65 bits per heavy atom. The maximum absolute atomic E-state index is 12.9. The molecule has 0 spiro atoms. The van der Waals surface area contributed by atoms with Crippen molar-refractivity contribution in [2.75, 3.05) is 26.9 Å². The minimum absolute atomic E-state index is 0.0457.